The molecule has 8 heteroatoms. The average Bonchev–Trinajstić information content (AvgIpc) is 3.14. The second-order valence-corrected chi connectivity index (χ2v) is 7.65. The Morgan fingerprint density at radius 1 is 1.21 bits per heavy atom. The van der Waals surface area contributed by atoms with Crippen LogP contribution in [0.5, 0.6) is 5.75 Å². The predicted molar refractivity (Wildman–Crippen MR) is 115 cm³/mol. The zero-order valence-corrected chi connectivity index (χ0v) is 17.3. The van der Waals surface area contributed by atoms with E-state index in [1.807, 2.05) is 54.2 Å². The minimum Gasteiger partial charge on any atom is -0.497 e. The first-order valence-corrected chi connectivity index (χ1v) is 9.87. The maximum atomic E-state index is 9.55. The van der Waals surface area contributed by atoms with Gasteiger partial charge in [0.25, 0.3) is 0 Å². The van der Waals surface area contributed by atoms with Gasteiger partial charge in [-0.15, -0.1) is 0 Å². The van der Waals surface area contributed by atoms with E-state index in [1.165, 1.54) is 11.8 Å². The van der Waals surface area contributed by atoms with Gasteiger partial charge in [0.05, 0.1) is 28.9 Å². The van der Waals surface area contributed by atoms with Gasteiger partial charge in [0.15, 0.2) is 5.16 Å². The molecule has 6 nitrogen and oxygen atoms in total. The maximum absolute atomic E-state index is 9.55. The summed E-state index contributed by atoms with van der Waals surface area (Å²) in [5.74, 6) is 0.692. The van der Waals surface area contributed by atoms with Gasteiger partial charge in [-0.25, -0.2) is 4.98 Å². The van der Waals surface area contributed by atoms with Crippen molar-refractivity contribution in [1.82, 2.24) is 14.5 Å². The number of rotatable bonds is 5. The Hall–Kier alpha value is -3.21. The monoisotopic (exact) mass is 421 g/mol. The largest absolute Gasteiger partial charge is 0.497 e. The van der Waals surface area contributed by atoms with Crippen molar-refractivity contribution in [2.45, 2.75) is 10.1 Å². The molecule has 0 aliphatic heterocycles. The van der Waals surface area contributed by atoms with Gasteiger partial charge in [-0.2, -0.15) is 5.26 Å². The fourth-order valence-electron chi connectivity index (χ4n) is 2.87. The van der Waals surface area contributed by atoms with Crippen molar-refractivity contribution in [3.05, 3.63) is 65.6 Å². The Labute approximate surface area is 177 Å². The third-order valence-electron chi connectivity index (χ3n) is 4.38. The molecule has 4 rings (SSSR count). The van der Waals surface area contributed by atoms with Crippen molar-refractivity contribution in [2.75, 3.05) is 12.4 Å². The van der Waals surface area contributed by atoms with Crippen LogP contribution < -0.4 is 10.1 Å². The molecular formula is C21H16ClN5OS. The van der Waals surface area contributed by atoms with Crippen molar-refractivity contribution < 1.29 is 4.74 Å². The minimum atomic E-state index is 0.438. The summed E-state index contributed by atoms with van der Waals surface area (Å²) in [7, 11) is 3.54. The zero-order chi connectivity index (χ0) is 20.4. The van der Waals surface area contributed by atoms with Gasteiger partial charge in [-0.05, 0) is 36.4 Å². The summed E-state index contributed by atoms with van der Waals surface area (Å²) in [4.78, 5) is 9.56. The third kappa shape index (κ3) is 3.86. The Kier molecular flexibility index (Phi) is 5.30. The van der Waals surface area contributed by atoms with Gasteiger partial charge in [-0.3, -0.25) is 4.98 Å². The van der Waals surface area contributed by atoms with E-state index in [1.54, 1.807) is 19.5 Å². The third-order valence-corrected chi connectivity index (χ3v) is 5.95. The molecule has 0 bridgehead atoms. The van der Waals surface area contributed by atoms with Crippen molar-refractivity contribution in [2.24, 2.45) is 7.05 Å². The predicted octanol–water partition coefficient (Wildman–Crippen LogP) is 5.40. The molecule has 0 saturated heterocycles. The van der Waals surface area contributed by atoms with Crippen LogP contribution in [0.3, 0.4) is 0 Å². The normalized spacial score (nSPS) is 10.7. The number of aromatic nitrogens is 3. The van der Waals surface area contributed by atoms with Crippen molar-refractivity contribution in [3.63, 3.8) is 0 Å². The number of halogens is 1. The Bertz CT molecular complexity index is 1250. The van der Waals surface area contributed by atoms with Crippen LogP contribution >= 0.6 is 23.4 Å². The molecular weight excluding hydrogens is 406 g/mol. The number of imidazole rings is 1. The van der Waals surface area contributed by atoms with E-state index in [2.05, 4.69) is 21.4 Å². The molecule has 2 aromatic carbocycles. The molecule has 0 fully saturated rings. The lowest BCUT2D eigenvalue weighted by Gasteiger charge is -2.13. The molecule has 0 radical (unpaired) electrons. The lowest BCUT2D eigenvalue weighted by molar-refractivity contribution is 0.415. The Morgan fingerprint density at radius 2 is 2.07 bits per heavy atom. The number of fused-ring (bicyclic) bond motifs is 1. The van der Waals surface area contributed by atoms with Crippen LogP contribution in [0.25, 0.3) is 10.9 Å². The number of ether oxygens (including phenoxy) is 1. The summed E-state index contributed by atoms with van der Waals surface area (Å²) in [6.07, 6.45) is 5.20. The van der Waals surface area contributed by atoms with E-state index in [0.29, 0.717) is 22.0 Å². The molecule has 0 saturated carbocycles. The second-order valence-electron chi connectivity index (χ2n) is 6.23. The Balaban J connectivity index is 1.70. The van der Waals surface area contributed by atoms with Crippen LogP contribution in [-0.4, -0.2) is 21.6 Å². The number of nitriles is 1. The summed E-state index contributed by atoms with van der Waals surface area (Å²) >= 11 is 8.00. The number of hydrogen-bond acceptors (Lipinski definition) is 6. The first kappa shape index (κ1) is 19.1. The highest BCUT2D eigenvalue weighted by Crippen LogP contribution is 2.36. The van der Waals surface area contributed by atoms with Gasteiger partial charge >= 0.3 is 0 Å². The molecule has 1 N–H and O–H groups in total. The SMILES string of the molecule is COc1ccc2ncc(C#N)c(Nc3ccc(Sc4nccn4C)c(Cl)c3)c2c1. The van der Waals surface area contributed by atoms with Gasteiger partial charge in [0.2, 0.25) is 0 Å². The molecule has 2 heterocycles. The van der Waals surface area contributed by atoms with E-state index < -0.39 is 0 Å². The summed E-state index contributed by atoms with van der Waals surface area (Å²) in [5.41, 5.74) is 2.64. The topological polar surface area (TPSA) is 75.8 Å². The van der Waals surface area contributed by atoms with E-state index in [0.717, 1.165) is 26.6 Å². The van der Waals surface area contributed by atoms with Crippen molar-refractivity contribution in [1.29, 1.82) is 5.26 Å². The molecule has 0 aliphatic carbocycles. The summed E-state index contributed by atoms with van der Waals surface area (Å²) < 4.78 is 7.26. The van der Waals surface area contributed by atoms with Crippen LogP contribution in [0.2, 0.25) is 5.02 Å². The van der Waals surface area contributed by atoms with E-state index in [-0.39, 0.29) is 0 Å². The lowest BCUT2D eigenvalue weighted by atomic mass is 10.1. The number of anilines is 2. The average molecular weight is 422 g/mol. The summed E-state index contributed by atoms with van der Waals surface area (Å²) in [6.45, 7) is 0. The first-order chi connectivity index (χ1) is 14.1. The van der Waals surface area contributed by atoms with Gasteiger partial charge in [0, 0.05) is 41.6 Å². The lowest BCUT2D eigenvalue weighted by Crippen LogP contribution is -1.97. The molecule has 2 aromatic heterocycles. The van der Waals surface area contributed by atoms with E-state index >= 15 is 0 Å². The smallest absolute Gasteiger partial charge is 0.172 e. The quantitative estimate of drug-likeness (QED) is 0.465. The van der Waals surface area contributed by atoms with Crippen LogP contribution in [0.1, 0.15) is 5.56 Å². The van der Waals surface area contributed by atoms with Crippen molar-refractivity contribution in [3.8, 4) is 11.8 Å². The minimum absolute atomic E-state index is 0.438. The van der Waals surface area contributed by atoms with E-state index in [9.17, 15) is 5.26 Å². The zero-order valence-electron chi connectivity index (χ0n) is 15.7. The molecule has 0 amide bonds. The number of hydrogen-bond donors (Lipinski definition) is 1. The number of nitrogens with zero attached hydrogens (tertiary/aromatic N) is 4. The fourth-order valence-corrected chi connectivity index (χ4v) is 3.98. The first-order valence-electron chi connectivity index (χ1n) is 8.67. The van der Waals surface area contributed by atoms with Gasteiger partial charge in [0.1, 0.15) is 11.8 Å². The fraction of sp³-hybridized carbons (Fsp3) is 0.0952. The highest BCUT2D eigenvalue weighted by Gasteiger charge is 2.12. The van der Waals surface area contributed by atoms with Crippen LogP contribution in [-0.2, 0) is 7.05 Å². The van der Waals surface area contributed by atoms with Gasteiger partial charge in [-0.1, -0.05) is 23.4 Å². The molecule has 0 atom stereocenters. The molecule has 0 unspecified atom stereocenters. The van der Waals surface area contributed by atoms with Crippen molar-refractivity contribution >= 4 is 45.6 Å². The summed E-state index contributed by atoms with van der Waals surface area (Å²) in [6, 6.07) is 13.4. The number of aryl methyl sites for hydroxylation is 1. The number of benzene rings is 2. The van der Waals surface area contributed by atoms with E-state index in [4.69, 9.17) is 16.3 Å². The number of nitrogens with one attached hydrogen (secondary N) is 1. The van der Waals surface area contributed by atoms with Crippen LogP contribution in [0.4, 0.5) is 11.4 Å². The number of pyridine rings is 1. The van der Waals surface area contributed by atoms with Crippen LogP contribution in [0, 0.1) is 11.3 Å². The van der Waals surface area contributed by atoms with Crippen LogP contribution in [0.15, 0.2) is 65.0 Å². The summed E-state index contributed by atoms with van der Waals surface area (Å²) in [5, 5.41) is 15.1. The highest BCUT2D eigenvalue weighted by atomic mass is 35.5. The Morgan fingerprint density at radius 3 is 2.76 bits per heavy atom. The molecule has 0 aliphatic rings. The molecule has 144 valence electrons. The van der Waals surface area contributed by atoms with Gasteiger partial charge < -0.3 is 14.6 Å². The highest BCUT2D eigenvalue weighted by molar-refractivity contribution is 7.99. The maximum Gasteiger partial charge on any atom is 0.172 e. The molecule has 4 aromatic rings. The molecule has 29 heavy (non-hydrogen) atoms. The second kappa shape index (κ2) is 8.03. The number of methoxy groups -OCH3 is 1. The standard InChI is InChI=1S/C21H16ClN5OS/c1-27-8-7-24-21(27)29-19-6-3-14(9-17(19)22)26-20-13(11-23)12-25-18-5-4-15(28-2)10-16(18)20/h3-10,12H,1-2H3,(H,25,26). The molecule has 0 spiro atoms.